The first-order valence-corrected chi connectivity index (χ1v) is 7.23. The summed E-state index contributed by atoms with van der Waals surface area (Å²) in [7, 11) is 4.61. The zero-order chi connectivity index (χ0) is 17.4. The number of rotatable bonds is 5. The van der Waals surface area contributed by atoms with Gasteiger partial charge in [-0.05, 0) is 36.5 Å². The van der Waals surface area contributed by atoms with Crippen LogP contribution in [-0.2, 0) is 14.3 Å². The summed E-state index contributed by atoms with van der Waals surface area (Å²) in [5.74, 6) is -0.942. The molecule has 7 nitrogen and oxygen atoms in total. The summed E-state index contributed by atoms with van der Waals surface area (Å²) in [6.45, 7) is 0. The van der Waals surface area contributed by atoms with Crippen molar-refractivity contribution < 1.29 is 19.1 Å². The van der Waals surface area contributed by atoms with Crippen LogP contribution >= 0.6 is 12.2 Å². The number of thiocarbonyl (C=S) groups is 1. The Balaban J connectivity index is 2.50. The Hall–Kier alpha value is -2.48. The van der Waals surface area contributed by atoms with Gasteiger partial charge in [0.2, 0.25) is 5.91 Å². The lowest BCUT2D eigenvalue weighted by atomic mass is 10.2. The van der Waals surface area contributed by atoms with E-state index in [0.717, 1.165) is 0 Å². The molecule has 0 bridgehead atoms. The topological polar surface area (TPSA) is 87.7 Å². The number of methoxy groups -OCH3 is 1. The molecule has 0 saturated heterocycles. The zero-order valence-corrected chi connectivity index (χ0v) is 14.0. The van der Waals surface area contributed by atoms with Gasteiger partial charge in [-0.2, -0.15) is 0 Å². The predicted octanol–water partition coefficient (Wildman–Crippen LogP) is 1.15. The summed E-state index contributed by atoms with van der Waals surface area (Å²) in [5.41, 5.74) is 1.19. The third-order valence-corrected chi connectivity index (χ3v) is 3.04. The highest BCUT2D eigenvalue weighted by Gasteiger charge is 2.10. The molecule has 124 valence electrons. The van der Waals surface area contributed by atoms with E-state index in [4.69, 9.17) is 12.2 Å². The largest absolute Gasteiger partial charge is 0.469 e. The monoisotopic (exact) mass is 337 g/mol. The maximum absolute atomic E-state index is 11.8. The molecule has 0 saturated carbocycles. The minimum Gasteiger partial charge on any atom is -0.469 e. The van der Waals surface area contributed by atoms with E-state index in [9.17, 15) is 14.4 Å². The highest BCUT2D eigenvalue weighted by atomic mass is 32.1. The Morgan fingerprint density at radius 1 is 1.13 bits per heavy atom. The molecular weight excluding hydrogens is 318 g/mol. The van der Waals surface area contributed by atoms with E-state index in [1.54, 1.807) is 38.4 Å². The first-order chi connectivity index (χ1) is 10.8. The van der Waals surface area contributed by atoms with Crippen LogP contribution in [0.3, 0.4) is 0 Å². The van der Waals surface area contributed by atoms with Crippen molar-refractivity contribution >= 4 is 40.8 Å². The predicted molar refractivity (Wildman–Crippen MR) is 90.1 cm³/mol. The summed E-state index contributed by atoms with van der Waals surface area (Å²) in [5, 5.41) is 5.41. The first-order valence-electron chi connectivity index (χ1n) is 6.83. The van der Waals surface area contributed by atoms with Gasteiger partial charge in [-0.15, -0.1) is 0 Å². The van der Waals surface area contributed by atoms with Crippen molar-refractivity contribution in [2.24, 2.45) is 0 Å². The molecule has 0 unspecified atom stereocenters. The molecule has 0 aliphatic rings. The van der Waals surface area contributed by atoms with E-state index < -0.39 is 5.97 Å². The quantitative estimate of drug-likeness (QED) is 0.619. The van der Waals surface area contributed by atoms with E-state index in [1.807, 2.05) is 0 Å². The Bertz CT molecular complexity index is 599. The average Bonchev–Trinajstić information content (AvgIpc) is 2.52. The summed E-state index contributed by atoms with van der Waals surface area (Å²) in [6, 6.07) is 6.69. The number of amides is 2. The van der Waals surface area contributed by atoms with Crippen LogP contribution in [0.2, 0.25) is 0 Å². The zero-order valence-electron chi connectivity index (χ0n) is 13.2. The molecule has 0 aliphatic heterocycles. The van der Waals surface area contributed by atoms with E-state index in [2.05, 4.69) is 15.4 Å². The molecule has 0 aromatic heterocycles. The van der Waals surface area contributed by atoms with Crippen molar-refractivity contribution in [2.75, 3.05) is 26.5 Å². The van der Waals surface area contributed by atoms with E-state index in [-0.39, 0.29) is 29.8 Å². The van der Waals surface area contributed by atoms with Crippen LogP contribution in [0.1, 0.15) is 23.2 Å². The minimum absolute atomic E-state index is 0.00765. The van der Waals surface area contributed by atoms with Crippen LogP contribution in [0.4, 0.5) is 5.69 Å². The van der Waals surface area contributed by atoms with Crippen LogP contribution in [0, 0.1) is 0 Å². The number of esters is 1. The lowest BCUT2D eigenvalue weighted by Crippen LogP contribution is -2.34. The number of carbonyl (C=O) groups excluding carboxylic acids is 3. The van der Waals surface area contributed by atoms with Gasteiger partial charge in [0.05, 0.1) is 13.5 Å². The highest BCUT2D eigenvalue weighted by molar-refractivity contribution is 7.80. The Morgan fingerprint density at radius 3 is 2.26 bits per heavy atom. The van der Waals surface area contributed by atoms with Gasteiger partial charge < -0.3 is 20.3 Å². The van der Waals surface area contributed by atoms with Gasteiger partial charge in [0.25, 0.3) is 5.91 Å². The fourth-order valence-corrected chi connectivity index (χ4v) is 1.86. The fraction of sp³-hybridized carbons (Fsp3) is 0.333. The van der Waals surface area contributed by atoms with Gasteiger partial charge in [0.15, 0.2) is 5.11 Å². The molecule has 0 heterocycles. The number of nitrogens with one attached hydrogen (secondary N) is 2. The standard InChI is InChI=1S/C15H19N3O4S/c1-18(2)14(21)10-4-6-11(7-5-10)16-15(23)17-12(19)8-9-13(20)22-3/h4-7H,8-9H2,1-3H3,(H2,16,17,19,23). The van der Waals surface area contributed by atoms with Crippen LogP contribution in [0.25, 0.3) is 0 Å². The van der Waals surface area contributed by atoms with Crippen molar-refractivity contribution in [1.82, 2.24) is 10.2 Å². The third-order valence-electron chi connectivity index (χ3n) is 2.83. The van der Waals surface area contributed by atoms with Crippen LogP contribution in [0.5, 0.6) is 0 Å². The normalized spacial score (nSPS) is 9.70. The van der Waals surface area contributed by atoms with Crippen molar-refractivity contribution in [1.29, 1.82) is 0 Å². The summed E-state index contributed by atoms with van der Waals surface area (Å²) < 4.78 is 4.45. The smallest absolute Gasteiger partial charge is 0.306 e. The molecule has 1 aromatic rings. The average molecular weight is 337 g/mol. The molecule has 0 aliphatic carbocycles. The molecule has 0 fully saturated rings. The number of benzene rings is 1. The summed E-state index contributed by atoms with van der Waals surface area (Å²) in [6.07, 6.45) is -0.0168. The number of hydrogen-bond donors (Lipinski definition) is 2. The van der Waals surface area contributed by atoms with Crippen molar-refractivity contribution in [3.8, 4) is 0 Å². The second kappa shape index (κ2) is 8.84. The van der Waals surface area contributed by atoms with E-state index in [1.165, 1.54) is 12.0 Å². The number of carbonyl (C=O) groups is 3. The Labute approximate surface area is 140 Å². The number of anilines is 1. The number of hydrogen-bond acceptors (Lipinski definition) is 5. The van der Waals surface area contributed by atoms with Gasteiger partial charge in [0, 0.05) is 31.8 Å². The SMILES string of the molecule is COC(=O)CCC(=O)NC(=S)Nc1ccc(C(=O)N(C)C)cc1. The maximum Gasteiger partial charge on any atom is 0.306 e. The van der Waals surface area contributed by atoms with Gasteiger partial charge in [-0.25, -0.2) is 0 Å². The maximum atomic E-state index is 11.8. The molecule has 23 heavy (non-hydrogen) atoms. The molecule has 2 amide bonds. The number of ether oxygens (including phenoxy) is 1. The van der Waals surface area contributed by atoms with Crippen molar-refractivity contribution in [3.63, 3.8) is 0 Å². The molecule has 0 radical (unpaired) electrons. The van der Waals surface area contributed by atoms with E-state index >= 15 is 0 Å². The first kappa shape index (κ1) is 18.6. The molecule has 0 atom stereocenters. The third kappa shape index (κ3) is 6.43. The minimum atomic E-state index is -0.458. The molecular formula is C15H19N3O4S. The van der Waals surface area contributed by atoms with Gasteiger partial charge >= 0.3 is 5.97 Å². The second-order valence-corrected chi connectivity index (χ2v) is 5.26. The van der Waals surface area contributed by atoms with E-state index in [0.29, 0.717) is 11.3 Å². The molecule has 1 rings (SSSR count). The second-order valence-electron chi connectivity index (χ2n) is 4.86. The summed E-state index contributed by atoms with van der Waals surface area (Å²) >= 11 is 5.01. The van der Waals surface area contributed by atoms with Crippen LogP contribution in [0.15, 0.2) is 24.3 Å². The molecule has 0 spiro atoms. The Morgan fingerprint density at radius 2 is 1.74 bits per heavy atom. The van der Waals surface area contributed by atoms with Gasteiger partial charge in [-0.1, -0.05) is 0 Å². The van der Waals surface area contributed by atoms with Crippen molar-refractivity contribution in [2.45, 2.75) is 12.8 Å². The lowest BCUT2D eigenvalue weighted by molar-refractivity contribution is -0.142. The van der Waals surface area contributed by atoms with Crippen LogP contribution < -0.4 is 10.6 Å². The van der Waals surface area contributed by atoms with Crippen molar-refractivity contribution in [3.05, 3.63) is 29.8 Å². The highest BCUT2D eigenvalue weighted by Crippen LogP contribution is 2.10. The number of nitrogens with zero attached hydrogens (tertiary/aromatic N) is 1. The summed E-state index contributed by atoms with van der Waals surface area (Å²) in [4.78, 5) is 35.8. The van der Waals surface area contributed by atoms with Crippen LogP contribution in [-0.4, -0.2) is 49.0 Å². The Kier molecular flexibility index (Phi) is 7.14. The molecule has 8 heteroatoms. The molecule has 1 aromatic carbocycles. The van der Waals surface area contributed by atoms with Gasteiger partial charge in [-0.3, -0.25) is 14.4 Å². The molecule has 2 N–H and O–H groups in total. The lowest BCUT2D eigenvalue weighted by Gasteiger charge is -2.12. The van der Waals surface area contributed by atoms with Gasteiger partial charge in [0.1, 0.15) is 0 Å². The fourth-order valence-electron chi connectivity index (χ4n) is 1.62.